The standard InChI is InChI=1S/C17H21NO3S2/c1-22-16-8-4-14(5-9-16)15-6-10-17(11-7-15)23(20,21)18-12-2-3-13-19/h4-11,18-19H,2-3,12-13H2,1H3. The van der Waals surface area contributed by atoms with E-state index in [4.69, 9.17) is 5.11 Å². The molecule has 0 unspecified atom stereocenters. The predicted molar refractivity (Wildman–Crippen MR) is 95.2 cm³/mol. The number of rotatable bonds is 8. The highest BCUT2D eigenvalue weighted by Crippen LogP contribution is 2.24. The number of thioether (sulfide) groups is 1. The van der Waals surface area contributed by atoms with E-state index in [2.05, 4.69) is 4.72 Å². The third kappa shape index (κ3) is 5.07. The van der Waals surface area contributed by atoms with Gasteiger partial charge < -0.3 is 5.11 Å². The van der Waals surface area contributed by atoms with E-state index in [1.165, 1.54) is 4.90 Å². The van der Waals surface area contributed by atoms with E-state index in [0.29, 0.717) is 19.4 Å². The summed E-state index contributed by atoms with van der Waals surface area (Å²) in [6.07, 6.45) is 3.24. The fourth-order valence-corrected chi connectivity index (χ4v) is 3.62. The van der Waals surface area contributed by atoms with Gasteiger partial charge in [0.15, 0.2) is 0 Å². The third-order valence-corrected chi connectivity index (χ3v) is 5.69. The van der Waals surface area contributed by atoms with Crippen molar-refractivity contribution in [1.29, 1.82) is 0 Å². The highest BCUT2D eigenvalue weighted by molar-refractivity contribution is 7.98. The van der Waals surface area contributed by atoms with Crippen molar-refractivity contribution in [3.63, 3.8) is 0 Å². The summed E-state index contributed by atoms with van der Waals surface area (Å²) in [6.45, 7) is 0.409. The highest BCUT2D eigenvalue weighted by atomic mass is 32.2. The first-order valence-corrected chi connectivity index (χ1v) is 10.1. The summed E-state index contributed by atoms with van der Waals surface area (Å²) in [5.74, 6) is 0. The average molecular weight is 351 g/mol. The molecular weight excluding hydrogens is 330 g/mol. The fourth-order valence-electron chi connectivity index (χ4n) is 2.14. The van der Waals surface area contributed by atoms with Crippen molar-refractivity contribution >= 4 is 21.8 Å². The Morgan fingerprint density at radius 2 is 1.52 bits per heavy atom. The van der Waals surface area contributed by atoms with Crippen LogP contribution in [0.3, 0.4) is 0 Å². The van der Waals surface area contributed by atoms with E-state index in [0.717, 1.165) is 11.1 Å². The Balaban J connectivity index is 2.08. The number of aliphatic hydroxyl groups is 1. The molecular formula is C17H21NO3S2. The molecule has 0 saturated carbocycles. The molecule has 124 valence electrons. The quantitative estimate of drug-likeness (QED) is 0.566. The van der Waals surface area contributed by atoms with Crippen LogP contribution >= 0.6 is 11.8 Å². The van der Waals surface area contributed by atoms with E-state index < -0.39 is 10.0 Å². The Kier molecular flexibility index (Phi) is 6.65. The molecule has 0 radical (unpaired) electrons. The molecule has 0 aliphatic rings. The zero-order valence-corrected chi connectivity index (χ0v) is 14.7. The summed E-state index contributed by atoms with van der Waals surface area (Å²) in [7, 11) is -3.49. The summed E-state index contributed by atoms with van der Waals surface area (Å²) in [6, 6.07) is 15.0. The van der Waals surface area contributed by atoms with Gasteiger partial charge in [-0.25, -0.2) is 13.1 Å². The summed E-state index contributed by atoms with van der Waals surface area (Å²) < 4.78 is 26.8. The van der Waals surface area contributed by atoms with Crippen LogP contribution in [0.25, 0.3) is 11.1 Å². The maximum atomic E-state index is 12.2. The summed E-state index contributed by atoms with van der Waals surface area (Å²) in [5, 5.41) is 8.71. The van der Waals surface area contributed by atoms with Crippen molar-refractivity contribution in [1.82, 2.24) is 4.72 Å². The zero-order chi connectivity index (χ0) is 16.7. The molecule has 0 aliphatic heterocycles. The second-order valence-corrected chi connectivity index (χ2v) is 7.73. The van der Waals surface area contributed by atoms with E-state index in [-0.39, 0.29) is 11.5 Å². The Hall–Kier alpha value is -1.34. The van der Waals surface area contributed by atoms with Gasteiger partial charge in [-0.05, 0) is 54.5 Å². The van der Waals surface area contributed by atoms with Gasteiger partial charge in [0.25, 0.3) is 0 Å². The zero-order valence-electron chi connectivity index (χ0n) is 13.0. The average Bonchev–Trinajstić information content (AvgIpc) is 2.59. The molecule has 0 heterocycles. The predicted octanol–water partition coefficient (Wildman–Crippen LogP) is 3.13. The SMILES string of the molecule is CSc1ccc(-c2ccc(S(=O)(=O)NCCCCO)cc2)cc1. The van der Waals surface area contributed by atoms with Gasteiger partial charge >= 0.3 is 0 Å². The number of aliphatic hydroxyl groups excluding tert-OH is 1. The monoisotopic (exact) mass is 351 g/mol. The van der Waals surface area contributed by atoms with Crippen LogP contribution in [0.5, 0.6) is 0 Å². The summed E-state index contributed by atoms with van der Waals surface area (Å²) >= 11 is 1.69. The first kappa shape index (κ1) is 18.0. The van der Waals surface area contributed by atoms with Crippen LogP contribution in [0.15, 0.2) is 58.3 Å². The van der Waals surface area contributed by atoms with Gasteiger partial charge in [-0.1, -0.05) is 24.3 Å². The fraction of sp³-hybridized carbons (Fsp3) is 0.294. The number of hydrogen-bond donors (Lipinski definition) is 2. The van der Waals surface area contributed by atoms with Gasteiger partial charge in [-0.2, -0.15) is 0 Å². The molecule has 2 rings (SSSR count). The smallest absolute Gasteiger partial charge is 0.240 e. The first-order valence-electron chi connectivity index (χ1n) is 7.42. The molecule has 0 aliphatic carbocycles. The Morgan fingerprint density at radius 3 is 2.04 bits per heavy atom. The second kappa shape index (κ2) is 8.49. The molecule has 2 N–H and O–H groups in total. The molecule has 0 atom stereocenters. The molecule has 4 nitrogen and oxygen atoms in total. The van der Waals surface area contributed by atoms with Crippen LogP contribution < -0.4 is 4.72 Å². The van der Waals surface area contributed by atoms with Crippen molar-refractivity contribution in [2.75, 3.05) is 19.4 Å². The van der Waals surface area contributed by atoms with Crippen LogP contribution in [-0.2, 0) is 10.0 Å². The van der Waals surface area contributed by atoms with Crippen molar-refractivity contribution in [3.8, 4) is 11.1 Å². The van der Waals surface area contributed by atoms with Crippen LogP contribution in [0, 0.1) is 0 Å². The van der Waals surface area contributed by atoms with Crippen molar-refractivity contribution in [2.24, 2.45) is 0 Å². The van der Waals surface area contributed by atoms with E-state index in [9.17, 15) is 8.42 Å². The third-order valence-electron chi connectivity index (χ3n) is 3.46. The Morgan fingerprint density at radius 1 is 0.957 bits per heavy atom. The maximum absolute atomic E-state index is 12.2. The van der Waals surface area contributed by atoms with Crippen LogP contribution in [-0.4, -0.2) is 32.9 Å². The largest absolute Gasteiger partial charge is 0.396 e. The Labute approximate surface area is 142 Å². The lowest BCUT2D eigenvalue weighted by Crippen LogP contribution is -2.24. The molecule has 23 heavy (non-hydrogen) atoms. The van der Waals surface area contributed by atoms with E-state index in [1.54, 1.807) is 23.9 Å². The lowest BCUT2D eigenvalue weighted by molar-refractivity contribution is 0.285. The second-order valence-electron chi connectivity index (χ2n) is 5.08. The van der Waals surface area contributed by atoms with Crippen molar-refractivity contribution < 1.29 is 13.5 Å². The normalized spacial score (nSPS) is 11.6. The van der Waals surface area contributed by atoms with Crippen molar-refractivity contribution in [3.05, 3.63) is 48.5 Å². The molecule has 0 amide bonds. The molecule has 0 aromatic heterocycles. The van der Waals surface area contributed by atoms with Gasteiger partial charge in [0.1, 0.15) is 0 Å². The minimum atomic E-state index is -3.49. The van der Waals surface area contributed by atoms with Gasteiger partial charge in [0.2, 0.25) is 10.0 Å². The highest BCUT2D eigenvalue weighted by Gasteiger charge is 2.13. The van der Waals surface area contributed by atoms with Crippen LogP contribution in [0.2, 0.25) is 0 Å². The van der Waals surface area contributed by atoms with Crippen molar-refractivity contribution in [2.45, 2.75) is 22.6 Å². The molecule has 2 aromatic rings. The summed E-state index contributed by atoms with van der Waals surface area (Å²) in [5.41, 5.74) is 2.04. The molecule has 0 fully saturated rings. The molecule has 6 heteroatoms. The lowest BCUT2D eigenvalue weighted by Gasteiger charge is -2.08. The van der Waals surface area contributed by atoms with E-state index in [1.807, 2.05) is 42.7 Å². The Bertz CT molecular complexity index is 711. The minimum Gasteiger partial charge on any atom is -0.396 e. The van der Waals surface area contributed by atoms with Gasteiger partial charge in [-0.3, -0.25) is 0 Å². The van der Waals surface area contributed by atoms with E-state index >= 15 is 0 Å². The van der Waals surface area contributed by atoms with Crippen LogP contribution in [0.4, 0.5) is 0 Å². The number of hydrogen-bond acceptors (Lipinski definition) is 4. The number of sulfonamides is 1. The van der Waals surface area contributed by atoms with Gasteiger partial charge in [-0.15, -0.1) is 11.8 Å². The molecule has 0 bridgehead atoms. The minimum absolute atomic E-state index is 0.0752. The topological polar surface area (TPSA) is 66.4 Å². The van der Waals surface area contributed by atoms with Gasteiger partial charge in [0.05, 0.1) is 4.90 Å². The van der Waals surface area contributed by atoms with Gasteiger partial charge in [0, 0.05) is 18.0 Å². The molecule has 0 saturated heterocycles. The lowest BCUT2D eigenvalue weighted by atomic mass is 10.1. The number of nitrogens with one attached hydrogen (secondary N) is 1. The molecule has 2 aromatic carbocycles. The number of unbranched alkanes of at least 4 members (excludes halogenated alkanes) is 1. The summed E-state index contributed by atoms with van der Waals surface area (Å²) in [4.78, 5) is 1.45. The molecule has 0 spiro atoms. The van der Waals surface area contributed by atoms with Crippen LogP contribution in [0.1, 0.15) is 12.8 Å². The first-order chi connectivity index (χ1) is 11.1. The number of benzene rings is 2. The maximum Gasteiger partial charge on any atom is 0.240 e.